The van der Waals surface area contributed by atoms with Crippen LogP contribution in [0.4, 0.5) is 0 Å². The van der Waals surface area contributed by atoms with E-state index in [1.54, 1.807) is 12.1 Å². The smallest absolute Gasteiger partial charge is 0.227 e. The number of aryl methyl sites for hydroxylation is 1. The zero-order valence-electron chi connectivity index (χ0n) is 15.2. The maximum atomic E-state index is 12.7. The molecule has 0 spiro atoms. The van der Waals surface area contributed by atoms with E-state index < -0.39 is 0 Å². The molecule has 1 aromatic carbocycles. The van der Waals surface area contributed by atoms with Crippen LogP contribution in [0.5, 0.6) is 5.75 Å². The number of aromatic hydroxyl groups is 1. The summed E-state index contributed by atoms with van der Waals surface area (Å²) in [7, 11) is 0. The zero-order chi connectivity index (χ0) is 18.5. The molecule has 26 heavy (non-hydrogen) atoms. The molecule has 2 heterocycles. The summed E-state index contributed by atoms with van der Waals surface area (Å²) in [6.07, 6.45) is 8.57. The fourth-order valence-electron chi connectivity index (χ4n) is 3.56. The maximum absolute atomic E-state index is 12.7. The quantitative estimate of drug-likeness (QED) is 0.830. The highest BCUT2D eigenvalue weighted by Gasteiger charge is 2.27. The van der Waals surface area contributed by atoms with Gasteiger partial charge in [-0.1, -0.05) is 31.0 Å². The van der Waals surface area contributed by atoms with Crippen LogP contribution in [-0.4, -0.2) is 38.6 Å². The minimum Gasteiger partial charge on any atom is -0.506 e. The Bertz CT molecular complexity index is 759. The molecule has 5 nitrogen and oxygen atoms in total. The third kappa shape index (κ3) is 4.39. The first kappa shape index (κ1) is 18.8. The molecular formula is C20H26ClN3O2. The number of benzene rings is 1. The normalized spacial score (nSPS) is 17.5. The Morgan fingerprint density at radius 2 is 2.27 bits per heavy atom. The first-order valence-electron chi connectivity index (χ1n) is 9.34. The van der Waals surface area contributed by atoms with Crippen LogP contribution >= 0.6 is 11.6 Å². The minimum atomic E-state index is 0.0415. The van der Waals surface area contributed by atoms with Crippen molar-refractivity contribution in [2.24, 2.45) is 0 Å². The molecule has 1 aliphatic heterocycles. The molecule has 140 valence electrons. The Morgan fingerprint density at radius 3 is 3.04 bits per heavy atom. The molecule has 1 aliphatic rings. The first-order chi connectivity index (χ1) is 12.6. The number of imidazole rings is 1. The Hall–Kier alpha value is -2.01. The van der Waals surface area contributed by atoms with Crippen LogP contribution in [0.15, 0.2) is 30.6 Å². The molecule has 3 rings (SSSR count). The van der Waals surface area contributed by atoms with Gasteiger partial charge in [-0.05, 0) is 37.0 Å². The number of rotatable bonds is 6. The first-order valence-corrected chi connectivity index (χ1v) is 9.72. The molecule has 1 fully saturated rings. The lowest BCUT2D eigenvalue weighted by molar-refractivity contribution is -0.131. The van der Waals surface area contributed by atoms with Gasteiger partial charge >= 0.3 is 0 Å². The van der Waals surface area contributed by atoms with E-state index in [9.17, 15) is 9.90 Å². The number of carbonyl (C=O) groups excluding carboxylic acids is 1. The van der Waals surface area contributed by atoms with Gasteiger partial charge in [-0.15, -0.1) is 0 Å². The number of hydrogen-bond acceptors (Lipinski definition) is 3. The summed E-state index contributed by atoms with van der Waals surface area (Å²) >= 11 is 5.95. The molecule has 0 radical (unpaired) electrons. The number of unbranched alkanes of at least 4 members (excludes halogenated alkanes) is 1. The molecule has 0 saturated carbocycles. The van der Waals surface area contributed by atoms with Crippen LogP contribution in [0.2, 0.25) is 5.02 Å². The van der Waals surface area contributed by atoms with Crippen LogP contribution < -0.4 is 0 Å². The topological polar surface area (TPSA) is 58.4 Å². The number of aromatic nitrogens is 2. The van der Waals surface area contributed by atoms with Gasteiger partial charge in [-0.2, -0.15) is 0 Å². The van der Waals surface area contributed by atoms with Crippen molar-refractivity contribution in [3.63, 3.8) is 0 Å². The third-order valence-electron chi connectivity index (χ3n) is 5.01. The van der Waals surface area contributed by atoms with E-state index in [2.05, 4.69) is 16.5 Å². The zero-order valence-corrected chi connectivity index (χ0v) is 16.0. The van der Waals surface area contributed by atoms with Crippen LogP contribution in [0.3, 0.4) is 0 Å². The van der Waals surface area contributed by atoms with Gasteiger partial charge < -0.3 is 14.6 Å². The Labute approximate surface area is 159 Å². The second-order valence-electron chi connectivity index (χ2n) is 6.97. The number of piperidine rings is 1. The number of phenolic OH excluding ortho intramolecular Hbond substituents is 1. The lowest BCUT2D eigenvalue weighted by Gasteiger charge is -2.33. The van der Waals surface area contributed by atoms with Crippen LogP contribution in [0.1, 0.15) is 49.9 Å². The number of nitrogens with zero attached hydrogens (tertiary/aromatic N) is 3. The summed E-state index contributed by atoms with van der Waals surface area (Å²) in [5, 5.41) is 9.80. The summed E-state index contributed by atoms with van der Waals surface area (Å²) in [4.78, 5) is 19.2. The van der Waals surface area contributed by atoms with Crippen molar-refractivity contribution in [3.05, 3.63) is 47.0 Å². The summed E-state index contributed by atoms with van der Waals surface area (Å²) in [5.41, 5.74) is 0.823. The molecule has 1 N–H and O–H groups in total. The van der Waals surface area contributed by atoms with Crippen molar-refractivity contribution in [1.29, 1.82) is 0 Å². The largest absolute Gasteiger partial charge is 0.506 e. The van der Waals surface area contributed by atoms with Gasteiger partial charge in [-0.3, -0.25) is 4.79 Å². The lowest BCUT2D eigenvalue weighted by Crippen LogP contribution is -2.40. The molecular weight excluding hydrogens is 350 g/mol. The van der Waals surface area contributed by atoms with E-state index in [4.69, 9.17) is 11.6 Å². The second-order valence-corrected chi connectivity index (χ2v) is 7.38. The predicted molar refractivity (Wildman–Crippen MR) is 103 cm³/mol. The van der Waals surface area contributed by atoms with Crippen molar-refractivity contribution >= 4 is 17.5 Å². The van der Waals surface area contributed by atoms with Crippen molar-refractivity contribution in [3.8, 4) is 5.75 Å². The van der Waals surface area contributed by atoms with Gasteiger partial charge in [0.25, 0.3) is 0 Å². The molecule has 1 aromatic heterocycles. The van der Waals surface area contributed by atoms with Gasteiger partial charge in [0.15, 0.2) is 0 Å². The van der Waals surface area contributed by atoms with Crippen LogP contribution in [0, 0.1) is 0 Å². The van der Waals surface area contributed by atoms with E-state index in [1.165, 1.54) is 6.07 Å². The van der Waals surface area contributed by atoms with Crippen molar-refractivity contribution in [1.82, 2.24) is 14.5 Å². The van der Waals surface area contributed by atoms with Gasteiger partial charge in [0, 0.05) is 37.9 Å². The van der Waals surface area contributed by atoms with Crippen molar-refractivity contribution < 1.29 is 9.90 Å². The van der Waals surface area contributed by atoms with E-state index in [0.717, 1.165) is 50.2 Å². The summed E-state index contributed by atoms with van der Waals surface area (Å²) < 4.78 is 2.24. The highest BCUT2D eigenvalue weighted by Crippen LogP contribution is 2.28. The number of phenols is 1. The van der Waals surface area contributed by atoms with E-state index >= 15 is 0 Å². The summed E-state index contributed by atoms with van der Waals surface area (Å²) in [5.74, 6) is 1.54. The molecule has 6 heteroatoms. The minimum absolute atomic E-state index is 0.0415. The summed E-state index contributed by atoms with van der Waals surface area (Å²) in [6, 6.07) is 4.94. The summed E-state index contributed by atoms with van der Waals surface area (Å²) in [6.45, 7) is 4.68. The second kappa shape index (κ2) is 8.58. The van der Waals surface area contributed by atoms with Crippen LogP contribution in [0.25, 0.3) is 0 Å². The molecule has 0 bridgehead atoms. The fraction of sp³-hybridized carbons (Fsp3) is 0.500. The monoisotopic (exact) mass is 375 g/mol. The lowest BCUT2D eigenvalue weighted by atomic mass is 9.96. The standard InChI is InChI=1S/C20H26ClN3O2/c1-2-3-9-23-11-8-22-20(23)16-5-4-10-24(14-16)19(26)13-15-6-7-18(25)17(21)12-15/h6-8,11-12,16,25H,2-5,9-10,13-14H2,1H3/t16-/m0/s1. The number of hydrogen-bond donors (Lipinski definition) is 1. The van der Waals surface area contributed by atoms with Gasteiger partial charge in [0.05, 0.1) is 11.4 Å². The van der Waals surface area contributed by atoms with Gasteiger partial charge in [0.2, 0.25) is 5.91 Å². The predicted octanol–water partition coefficient (Wildman–Crippen LogP) is 3.99. The Morgan fingerprint density at radius 1 is 1.42 bits per heavy atom. The number of likely N-dealkylation sites (tertiary alicyclic amines) is 1. The van der Waals surface area contributed by atoms with Crippen molar-refractivity contribution in [2.45, 2.75) is 51.5 Å². The maximum Gasteiger partial charge on any atom is 0.227 e. The van der Waals surface area contributed by atoms with Gasteiger partial charge in [0.1, 0.15) is 11.6 Å². The molecule has 0 aliphatic carbocycles. The van der Waals surface area contributed by atoms with E-state index in [-0.39, 0.29) is 16.7 Å². The van der Waals surface area contributed by atoms with Gasteiger partial charge in [-0.25, -0.2) is 4.98 Å². The number of carbonyl (C=O) groups is 1. The highest BCUT2D eigenvalue weighted by atomic mass is 35.5. The fourth-order valence-corrected chi connectivity index (χ4v) is 3.76. The average Bonchev–Trinajstić information content (AvgIpc) is 3.11. The molecule has 1 saturated heterocycles. The van der Waals surface area contributed by atoms with E-state index in [1.807, 2.05) is 17.3 Å². The highest BCUT2D eigenvalue weighted by molar-refractivity contribution is 6.32. The Kier molecular flexibility index (Phi) is 6.20. The third-order valence-corrected chi connectivity index (χ3v) is 5.31. The molecule has 2 aromatic rings. The molecule has 1 amide bonds. The Balaban J connectivity index is 1.65. The van der Waals surface area contributed by atoms with E-state index in [0.29, 0.717) is 18.9 Å². The molecule has 0 unspecified atom stereocenters. The molecule has 1 atom stereocenters. The van der Waals surface area contributed by atoms with Crippen LogP contribution in [-0.2, 0) is 17.8 Å². The SMILES string of the molecule is CCCCn1ccnc1[C@H]1CCCN(C(=O)Cc2ccc(O)c(Cl)c2)C1. The number of halogens is 1. The number of amides is 1. The average molecular weight is 376 g/mol. The van der Waals surface area contributed by atoms with Crippen molar-refractivity contribution in [2.75, 3.05) is 13.1 Å².